The molecule has 0 bridgehead atoms. The van der Waals surface area contributed by atoms with Crippen LogP contribution in [0.1, 0.15) is 181 Å². The quantitative estimate of drug-likeness (QED) is 0.114. The van der Waals surface area contributed by atoms with E-state index in [0.29, 0.717) is 17.3 Å². The van der Waals surface area contributed by atoms with Crippen LogP contribution in [0.25, 0.3) is 0 Å². The molecule has 0 spiro atoms. The molecule has 0 heterocycles. The molecule has 6 heteroatoms. The summed E-state index contributed by atoms with van der Waals surface area (Å²) in [6.07, 6.45) is 10.5. The molecule has 0 fully saturated rings. The second-order valence-electron chi connectivity index (χ2n) is 18.7. The summed E-state index contributed by atoms with van der Waals surface area (Å²) in [4.78, 5) is 38.0. The molecular weight excluding hydrogens is 528 g/mol. The minimum atomic E-state index is -0.486. The molecule has 0 aliphatic carbocycles. The van der Waals surface area contributed by atoms with Gasteiger partial charge in [0, 0.05) is 6.42 Å². The van der Waals surface area contributed by atoms with Crippen molar-refractivity contribution in [2.75, 3.05) is 0 Å². The normalized spacial score (nSPS) is 14.1. The zero-order valence-electron chi connectivity index (χ0n) is 30.8. The predicted molar refractivity (Wildman–Crippen MR) is 176 cm³/mol. The van der Waals surface area contributed by atoms with Crippen LogP contribution in [0.15, 0.2) is 0 Å². The van der Waals surface area contributed by atoms with E-state index in [2.05, 4.69) is 102 Å². The van der Waals surface area contributed by atoms with Gasteiger partial charge in [-0.3, -0.25) is 4.89 Å². The average molecular weight is 601 g/mol. The van der Waals surface area contributed by atoms with Gasteiger partial charge in [0.1, 0.15) is 5.60 Å². The van der Waals surface area contributed by atoms with E-state index in [9.17, 15) is 9.59 Å². The zero-order chi connectivity index (χ0) is 33.6. The van der Waals surface area contributed by atoms with E-state index in [1.807, 2.05) is 13.8 Å². The molecule has 0 aromatic carbocycles. The van der Waals surface area contributed by atoms with Crippen molar-refractivity contribution in [3.63, 3.8) is 0 Å². The summed E-state index contributed by atoms with van der Waals surface area (Å²) in [5, 5.41) is 8.80. The standard InChI is InChI=1S/2C18H36O3/c1-16(2,3)12-10-9-11-14(15(19)21-20)18(7,8)13-17(4,5)6;1-16(2,3)13-11-9-10-12-15(19)20-21-18(7,8)14-17(4,5)6/h14,20H,9-13H2,1-8H3;9-14H2,1-8H3. The lowest BCUT2D eigenvalue weighted by atomic mass is 9.67. The number of unbranched alkanes of at least 4 members (excludes halogenated alkanes) is 3. The van der Waals surface area contributed by atoms with E-state index in [1.54, 1.807) is 0 Å². The van der Waals surface area contributed by atoms with Crippen molar-refractivity contribution in [2.45, 2.75) is 187 Å². The lowest BCUT2D eigenvalue weighted by molar-refractivity contribution is -0.329. The molecule has 42 heavy (non-hydrogen) atoms. The highest BCUT2D eigenvalue weighted by Gasteiger charge is 2.39. The van der Waals surface area contributed by atoms with Crippen LogP contribution in [0.5, 0.6) is 0 Å². The highest BCUT2D eigenvalue weighted by atomic mass is 17.2. The van der Waals surface area contributed by atoms with Gasteiger partial charge in [0.2, 0.25) is 0 Å². The van der Waals surface area contributed by atoms with Crippen LogP contribution in [-0.2, 0) is 24.3 Å². The summed E-state index contributed by atoms with van der Waals surface area (Å²) in [6.45, 7) is 34.5. The first-order chi connectivity index (χ1) is 18.6. The van der Waals surface area contributed by atoms with Gasteiger partial charge >= 0.3 is 11.9 Å². The molecule has 252 valence electrons. The Morgan fingerprint density at radius 3 is 1.45 bits per heavy atom. The summed E-state index contributed by atoms with van der Waals surface area (Å²) in [6, 6.07) is 0. The summed E-state index contributed by atoms with van der Waals surface area (Å²) in [5.41, 5.74) is 0.361. The fourth-order valence-electron chi connectivity index (χ4n) is 5.99. The molecule has 0 aromatic rings. The van der Waals surface area contributed by atoms with Gasteiger partial charge in [0.15, 0.2) is 0 Å². The Morgan fingerprint density at radius 2 is 1.05 bits per heavy atom. The molecule has 1 N–H and O–H groups in total. The first-order valence-corrected chi connectivity index (χ1v) is 16.3. The number of hydrogen-bond donors (Lipinski definition) is 1. The maximum absolute atomic E-state index is 12.0. The van der Waals surface area contributed by atoms with Crippen LogP contribution < -0.4 is 0 Å². The topological polar surface area (TPSA) is 82.1 Å². The maximum Gasteiger partial charge on any atom is 0.345 e. The van der Waals surface area contributed by atoms with E-state index in [1.165, 1.54) is 6.42 Å². The second-order valence-corrected chi connectivity index (χ2v) is 18.7. The number of carbonyl (C=O) groups excluding carboxylic acids is 2. The fourth-order valence-corrected chi connectivity index (χ4v) is 5.99. The summed E-state index contributed by atoms with van der Waals surface area (Å²) >= 11 is 0. The first-order valence-electron chi connectivity index (χ1n) is 16.3. The van der Waals surface area contributed by atoms with E-state index in [0.717, 1.165) is 57.8 Å². The van der Waals surface area contributed by atoms with Crippen LogP contribution in [0.4, 0.5) is 0 Å². The van der Waals surface area contributed by atoms with Crippen LogP contribution in [0, 0.1) is 33.0 Å². The molecule has 0 aromatic heterocycles. The lowest BCUT2D eigenvalue weighted by Crippen LogP contribution is -2.35. The third-order valence-electron chi connectivity index (χ3n) is 7.10. The predicted octanol–water partition coefficient (Wildman–Crippen LogP) is 11.4. The van der Waals surface area contributed by atoms with Crippen molar-refractivity contribution in [2.24, 2.45) is 33.0 Å². The van der Waals surface area contributed by atoms with Gasteiger partial charge in [-0.05, 0) is 79.4 Å². The molecule has 0 rings (SSSR count). The van der Waals surface area contributed by atoms with Gasteiger partial charge in [0.05, 0.1) is 5.92 Å². The number of rotatable bonds is 15. The van der Waals surface area contributed by atoms with Crippen molar-refractivity contribution in [3.8, 4) is 0 Å². The van der Waals surface area contributed by atoms with E-state index in [4.69, 9.17) is 15.0 Å². The Kier molecular flexibility index (Phi) is 18.4. The zero-order valence-corrected chi connectivity index (χ0v) is 30.8. The van der Waals surface area contributed by atoms with Gasteiger partial charge in [-0.1, -0.05) is 123 Å². The molecule has 0 saturated carbocycles. The molecule has 0 amide bonds. The Balaban J connectivity index is 0. The Bertz CT molecular complexity index is 754. The molecule has 1 unspecified atom stereocenters. The summed E-state index contributed by atoms with van der Waals surface area (Å²) in [7, 11) is 0. The Hall–Kier alpha value is -1.14. The van der Waals surface area contributed by atoms with Crippen molar-refractivity contribution in [3.05, 3.63) is 0 Å². The average Bonchev–Trinajstić information content (AvgIpc) is 2.72. The highest BCUT2D eigenvalue weighted by molar-refractivity contribution is 5.72. The van der Waals surface area contributed by atoms with Gasteiger partial charge in [-0.25, -0.2) is 9.59 Å². The molecule has 0 radical (unpaired) electrons. The van der Waals surface area contributed by atoms with E-state index >= 15 is 0 Å². The SMILES string of the molecule is CC(C)(C)CCCCC(C(=O)OO)C(C)(C)CC(C)(C)C.CC(C)(C)CCCCCC(=O)OOC(C)(C)CC(C)(C)C. The van der Waals surface area contributed by atoms with Gasteiger partial charge in [0.25, 0.3) is 0 Å². The third kappa shape index (κ3) is 26.5. The second kappa shape index (κ2) is 18.0. The van der Waals surface area contributed by atoms with Gasteiger partial charge < -0.3 is 4.89 Å². The lowest BCUT2D eigenvalue weighted by Gasteiger charge is -2.37. The van der Waals surface area contributed by atoms with E-state index < -0.39 is 11.6 Å². The molecule has 0 aliphatic rings. The Labute approximate surface area is 261 Å². The molecule has 0 aliphatic heterocycles. The van der Waals surface area contributed by atoms with Gasteiger partial charge in [-0.15, -0.1) is 0 Å². The van der Waals surface area contributed by atoms with Crippen molar-refractivity contribution < 1.29 is 29.5 Å². The summed E-state index contributed by atoms with van der Waals surface area (Å²) in [5.74, 6) is -0.991. The van der Waals surface area contributed by atoms with Crippen LogP contribution >= 0.6 is 0 Å². The monoisotopic (exact) mass is 601 g/mol. The Morgan fingerprint density at radius 1 is 0.595 bits per heavy atom. The minimum Gasteiger partial charge on any atom is -0.301 e. The highest BCUT2D eigenvalue weighted by Crippen LogP contribution is 2.42. The maximum atomic E-state index is 12.0. The van der Waals surface area contributed by atoms with Crippen LogP contribution in [0.2, 0.25) is 0 Å². The van der Waals surface area contributed by atoms with Crippen molar-refractivity contribution in [1.29, 1.82) is 0 Å². The largest absolute Gasteiger partial charge is 0.345 e. The number of carbonyl (C=O) groups is 2. The minimum absolute atomic E-state index is 0.142. The van der Waals surface area contributed by atoms with Crippen LogP contribution in [0.3, 0.4) is 0 Å². The third-order valence-corrected chi connectivity index (χ3v) is 7.10. The van der Waals surface area contributed by atoms with Crippen LogP contribution in [-0.4, -0.2) is 22.8 Å². The number of hydrogen-bond acceptors (Lipinski definition) is 6. The molecule has 1 atom stereocenters. The molecule has 6 nitrogen and oxygen atoms in total. The fraction of sp³-hybridized carbons (Fsp3) is 0.944. The summed E-state index contributed by atoms with van der Waals surface area (Å²) < 4.78 is 0. The van der Waals surface area contributed by atoms with Crippen molar-refractivity contribution >= 4 is 11.9 Å². The first kappa shape index (κ1) is 43.0. The molecular formula is C36H72O6. The van der Waals surface area contributed by atoms with E-state index in [-0.39, 0.29) is 28.1 Å². The molecule has 0 saturated heterocycles. The smallest absolute Gasteiger partial charge is 0.301 e. The van der Waals surface area contributed by atoms with Crippen molar-refractivity contribution in [1.82, 2.24) is 0 Å². The van der Waals surface area contributed by atoms with Gasteiger partial charge in [-0.2, -0.15) is 10.1 Å².